The Bertz CT molecular complexity index is 700. The van der Waals surface area contributed by atoms with Crippen molar-refractivity contribution in [2.75, 3.05) is 44.6 Å². The molecule has 1 aliphatic rings. The highest BCUT2D eigenvalue weighted by Gasteiger charge is 2.27. The van der Waals surface area contributed by atoms with Gasteiger partial charge < -0.3 is 15.5 Å². The Labute approximate surface area is 165 Å². The number of aryl methyl sites for hydroxylation is 1. The summed E-state index contributed by atoms with van der Waals surface area (Å²) in [7, 11) is 0. The average molecular weight is 395 g/mol. The van der Waals surface area contributed by atoms with Gasteiger partial charge in [-0.1, -0.05) is 20.8 Å². The molecule has 0 bridgehead atoms. The lowest BCUT2D eigenvalue weighted by molar-refractivity contribution is -0.123. The molecule has 1 saturated heterocycles. The fourth-order valence-electron chi connectivity index (χ4n) is 2.76. The monoisotopic (exact) mass is 394 g/mol. The Hall–Kier alpha value is -1.93. The predicted octanol–water partition coefficient (Wildman–Crippen LogP) is 1.94. The zero-order chi connectivity index (χ0) is 20.2. The standard InChI is InChI=1S/C19H30N4O3S/c1-6-20-14(24)12-22-7-9-23(10-8-22)17(25)16-13(2)11-15(27-16)21-18(26)19(3,4)5/h11H,6-10,12H2,1-5H3,(H,20,24)(H,21,26). The van der Waals surface area contributed by atoms with Crippen LogP contribution in [0.1, 0.15) is 42.9 Å². The lowest BCUT2D eigenvalue weighted by Crippen LogP contribution is -2.51. The number of amides is 3. The van der Waals surface area contributed by atoms with Crippen molar-refractivity contribution in [2.45, 2.75) is 34.6 Å². The van der Waals surface area contributed by atoms with Crippen molar-refractivity contribution in [1.29, 1.82) is 0 Å². The molecule has 1 aromatic rings. The van der Waals surface area contributed by atoms with E-state index in [1.54, 1.807) is 0 Å². The fourth-order valence-corrected chi connectivity index (χ4v) is 3.80. The normalized spacial score (nSPS) is 15.5. The van der Waals surface area contributed by atoms with Crippen molar-refractivity contribution in [3.8, 4) is 0 Å². The number of nitrogens with zero attached hydrogens (tertiary/aromatic N) is 2. The number of anilines is 1. The molecule has 7 nitrogen and oxygen atoms in total. The van der Waals surface area contributed by atoms with Gasteiger partial charge in [0.15, 0.2) is 0 Å². The van der Waals surface area contributed by atoms with Crippen LogP contribution in [0.3, 0.4) is 0 Å². The predicted molar refractivity (Wildman–Crippen MR) is 108 cm³/mol. The van der Waals surface area contributed by atoms with Gasteiger partial charge in [-0.05, 0) is 25.5 Å². The molecule has 0 spiro atoms. The van der Waals surface area contributed by atoms with Crippen LogP contribution in [-0.4, -0.2) is 66.8 Å². The Morgan fingerprint density at radius 1 is 1.15 bits per heavy atom. The maximum atomic E-state index is 12.9. The molecule has 1 aromatic heterocycles. The molecule has 0 atom stereocenters. The molecule has 0 aliphatic carbocycles. The second kappa shape index (κ2) is 8.84. The van der Waals surface area contributed by atoms with Gasteiger partial charge in [-0.3, -0.25) is 19.3 Å². The number of hydrogen-bond acceptors (Lipinski definition) is 5. The Morgan fingerprint density at radius 2 is 1.78 bits per heavy atom. The average Bonchev–Trinajstić information content (AvgIpc) is 2.94. The van der Waals surface area contributed by atoms with Gasteiger partial charge >= 0.3 is 0 Å². The number of piperazine rings is 1. The van der Waals surface area contributed by atoms with E-state index in [2.05, 4.69) is 15.5 Å². The summed E-state index contributed by atoms with van der Waals surface area (Å²) in [5.74, 6) is -0.0567. The SMILES string of the molecule is CCNC(=O)CN1CCN(C(=O)c2sc(NC(=O)C(C)(C)C)cc2C)CC1. The molecule has 2 rings (SSSR count). The minimum absolute atomic E-state index is 0.00795. The van der Waals surface area contributed by atoms with Crippen LogP contribution >= 0.6 is 11.3 Å². The summed E-state index contributed by atoms with van der Waals surface area (Å²) >= 11 is 1.32. The van der Waals surface area contributed by atoms with Crippen LogP contribution in [0, 0.1) is 12.3 Å². The quantitative estimate of drug-likeness (QED) is 0.800. The van der Waals surface area contributed by atoms with Crippen LogP contribution in [0.25, 0.3) is 0 Å². The van der Waals surface area contributed by atoms with E-state index in [1.807, 2.05) is 45.6 Å². The second-order valence-electron chi connectivity index (χ2n) is 7.85. The maximum absolute atomic E-state index is 12.9. The first-order chi connectivity index (χ1) is 12.6. The number of carbonyl (C=O) groups excluding carboxylic acids is 3. The number of likely N-dealkylation sites (N-methyl/N-ethyl adjacent to an activating group) is 1. The molecule has 0 unspecified atom stereocenters. The molecular weight excluding hydrogens is 364 g/mol. The van der Waals surface area contributed by atoms with E-state index >= 15 is 0 Å². The topological polar surface area (TPSA) is 81.8 Å². The van der Waals surface area contributed by atoms with Gasteiger partial charge in [0.1, 0.15) is 0 Å². The highest BCUT2D eigenvalue weighted by atomic mass is 32.1. The molecule has 0 saturated carbocycles. The number of nitrogens with one attached hydrogen (secondary N) is 2. The zero-order valence-electron chi connectivity index (χ0n) is 16.8. The van der Waals surface area contributed by atoms with E-state index in [4.69, 9.17) is 0 Å². The highest BCUT2D eigenvalue weighted by molar-refractivity contribution is 7.18. The largest absolute Gasteiger partial charge is 0.355 e. The van der Waals surface area contributed by atoms with Gasteiger partial charge in [0, 0.05) is 38.1 Å². The van der Waals surface area contributed by atoms with Gasteiger partial charge in [0.05, 0.1) is 16.4 Å². The van der Waals surface area contributed by atoms with Crippen molar-refractivity contribution in [3.63, 3.8) is 0 Å². The summed E-state index contributed by atoms with van der Waals surface area (Å²) in [5, 5.41) is 6.39. The van der Waals surface area contributed by atoms with Crippen molar-refractivity contribution in [1.82, 2.24) is 15.1 Å². The third-order valence-electron chi connectivity index (χ3n) is 4.43. The van der Waals surface area contributed by atoms with Crippen molar-refractivity contribution in [2.24, 2.45) is 5.41 Å². The molecule has 1 fully saturated rings. The first-order valence-corrected chi connectivity index (χ1v) is 10.1. The van der Waals surface area contributed by atoms with Gasteiger partial charge in [0.2, 0.25) is 11.8 Å². The van der Waals surface area contributed by atoms with Crippen LogP contribution in [-0.2, 0) is 9.59 Å². The molecule has 8 heteroatoms. The molecule has 1 aliphatic heterocycles. The summed E-state index contributed by atoms with van der Waals surface area (Å²) < 4.78 is 0. The molecule has 2 heterocycles. The number of hydrogen-bond donors (Lipinski definition) is 2. The van der Waals surface area contributed by atoms with E-state index in [-0.39, 0.29) is 17.7 Å². The number of rotatable bonds is 5. The summed E-state index contributed by atoms with van der Waals surface area (Å²) in [5.41, 5.74) is 0.390. The van der Waals surface area contributed by atoms with Crippen molar-refractivity contribution < 1.29 is 14.4 Å². The van der Waals surface area contributed by atoms with E-state index in [0.717, 1.165) is 5.56 Å². The Kier molecular flexibility index (Phi) is 7.00. The van der Waals surface area contributed by atoms with Gasteiger partial charge in [-0.15, -0.1) is 11.3 Å². The van der Waals surface area contributed by atoms with Gasteiger partial charge in [-0.2, -0.15) is 0 Å². The fraction of sp³-hybridized carbons (Fsp3) is 0.632. The molecular formula is C19H30N4O3S. The van der Waals surface area contributed by atoms with Gasteiger partial charge in [-0.25, -0.2) is 0 Å². The molecule has 27 heavy (non-hydrogen) atoms. The summed E-state index contributed by atoms with van der Waals surface area (Å²) in [6, 6.07) is 1.85. The zero-order valence-corrected chi connectivity index (χ0v) is 17.7. The Balaban J connectivity index is 1.95. The van der Waals surface area contributed by atoms with E-state index in [0.29, 0.717) is 49.1 Å². The number of thiophene rings is 1. The van der Waals surface area contributed by atoms with Crippen molar-refractivity contribution in [3.05, 3.63) is 16.5 Å². The molecule has 0 radical (unpaired) electrons. The van der Waals surface area contributed by atoms with E-state index < -0.39 is 5.41 Å². The summed E-state index contributed by atoms with van der Waals surface area (Å²) in [4.78, 5) is 41.3. The smallest absolute Gasteiger partial charge is 0.264 e. The van der Waals surface area contributed by atoms with Crippen LogP contribution in [0.4, 0.5) is 5.00 Å². The summed E-state index contributed by atoms with van der Waals surface area (Å²) in [6.45, 7) is 12.9. The molecule has 0 aromatic carbocycles. The maximum Gasteiger partial charge on any atom is 0.264 e. The summed E-state index contributed by atoms with van der Waals surface area (Å²) in [6.07, 6.45) is 0. The molecule has 150 valence electrons. The first-order valence-electron chi connectivity index (χ1n) is 9.32. The third kappa shape index (κ3) is 5.77. The second-order valence-corrected chi connectivity index (χ2v) is 8.90. The van der Waals surface area contributed by atoms with Crippen LogP contribution < -0.4 is 10.6 Å². The van der Waals surface area contributed by atoms with Crippen LogP contribution in [0.2, 0.25) is 0 Å². The van der Waals surface area contributed by atoms with E-state index in [1.165, 1.54) is 11.3 Å². The highest BCUT2D eigenvalue weighted by Crippen LogP contribution is 2.29. The van der Waals surface area contributed by atoms with Crippen molar-refractivity contribution >= 4 is 34.1 Å². The Morgan fingerprint density at radius 3 is 2.33 bits per heavy atom. The minimum atomic E-state index is -0.484. The van der Waals surface area contributed by atoms with Crippen LogP contribution in [0.15, 0.2) is 6.07 Å². The first kappa shape index (κ1) is 21.4. The lowest BCUT2D eigenvalue weighted by atomic mass is 9.96. The van der Waals surface area contributed by atoms with Crippen LogP contribution in [0.5, 0.6) is 0 Å². The van der Waals surface area contributed by atoms with E-state index in [9.17, 15) is 14.4 Å². The number of carbonyl (C=O) groups is 3. The molecule has 2 N–H and O–H groups in total. The lowest BCUT2D eigenvalue weighted by Gasteiger charge is -2.34. The minimum Gasteiger partial charge on any atom is -0.355 e. The third-order valence-corrected chi connectivity index (χ3v) is 5.57. The van der Waals surface area contributed by atoms with Gasteiger partial charge in [0.25, 0.3) is 5.91 Å². The molecule has 3 amide bonds.